The number of morpholine rings is 1. The molecule has 1 aromatic rings. The summed E-state index contributed by atoms with van der Waals surface area (Å²) in [4.78, 5) is 12.1. The first-order valence-corrected chi connectivity index (χ1v) is 8.18. The first kappa shape index (κ1) is 20.5. The Morgan fingerprint density at radius 3 is 2.61 bits per heavy atom. The molecule has 2 N–H and O–H groups in total. The Labute approximate surface area is 153 Å². The molecule has 1 heterocycles. The molecule has 1 aromatic carbocycles. The monoisotopic (exact) mass is 380 g/mol. The lowest BCUT2D eigenvalue weighted by atomic mass is 9.84. The summed E-state index contributed by atoms with van der Waals surface area (Å²) in [5.74, 6) is -0.000693. The highest BCUT2D eigenvalue weighted by Crippen LogP contribution is 2.35. The van der Waals surface area contributed by atoms with Crippen molar-refractivity contribution in [1.82, 2.24) is 10.6 Å². The fraction of sp³-hybridized carbons (Fsp3) is 0.562. The Balaban J connectivity index is 0.00000264. The van der Waals surface area contributed by atoms with E-state index in [-0.39, 0.29) is 29.8 Å². The molecule has 0 bridgehead atoms. The number of hydrogen-bond donors (Lipinski definition) is 2. The molecule has 2 rings (SSSR count). The van der Waals surface area contributed by atoms with Gasteiger partial charge in [-0.3, -0.25) is 4.79 Å². The molecule has 23 heavy (non-hydrogen) atoms. The molecule has 1 unspecified atom stereocenters. The van der Waals surface area contributed by atoms with Crippen LogP contribution >= 0.6 is 35.6 Å². The number of nitrogens with one attached hydrogen (secondary N) is 2. The maximum atomic E-state index is 12.1. The molecule has 1 amide bonds. The van der Waals surface area contributed by atoms with Gasteiger partial charge in [0.05, 0.1) is 13.2 Å². The SMILES string of the molecule is CC(C)(CNC(=O)CC1COCCN1)c1c(Cl)cccc1Cl.Cl. The van der Waals surface area contributed by atoms with E-state index in [1.165, 1.54) is 0 Å². The molecule has 1 aliphatic heterocycles. The second kappa shape index (κ2) is 9.09. The fourth-order valence-corrected chi connectivity index (χ4v) is 3.51. The van der Waals surface area contributed by atoms with Crippen molar-refractivity contribution in [1.29, 1.82) is 0 Å². The smallest absolute Gasteiger partial charge is 0.221 e. The van der Waals surface area contributed by atoms with Crippen molar-refractivity contribution in [3.05, 3.63) is 33.8 Å². The number of benzene rings is 1. The van der Waals surface area contributed by atoms with Crippen LogP contribution in [-0.2, 0) is 14.9 Å². The molecule has 4 nitrogen and oxygen atoms in total. The molecule has 7 heteroatoms. The van der Waals surface area contributed by atoms with Gasteiger partial charge in [0.1, 0.15) is 0 Å². The third-order valence-corrected chi connectivity index (χ3v) is 4.43. The second-order valence-corrected chi connectivity index (χ2v) is 7.00. The van der Waals surface area contributed by atoms with Gasteiger partial charge in [-0.05, 0) is 17.7 Å². The van der Waals surface area contributed by atoms with Crippen molar-refractivity contribution in [3.8, 4) is 0 Å². The van der Waals surface area contributed by atoms with Crippen LogP contribution in [0.1, 0.15) is 25.8 Å². The Morgan fingerprint density at radius 2 is 2.04 bits per heavy atom. The second-order valence-electron chi connectivity index (χ2n) is 6.19. The van der Waals surface area contributed by atoms with Crippen molar-refractivity contribution in [3.63, 3.8) is 0 Å². The van der Waals surface area contributed by atoms with Crippen LogP contribution in [0.4, 0.5) is 0 Å². The number of carbonyl (C=O) groups is 1. The van der Waals surface area contributed by atoms with Gasteiger partial charge in [-0.15, -0.1) is 12.4 Å². The Hall–Kier alpha value is -0.520. The summed E-state index contributed by atoms with van der Waals surface area (Å²) >= 11 is 12.5. The van der Waals surface area contributed by atoms with Crippen molar-refractivity contribution in [2.45, 2.75) is 31.7 Å². The van der Waals surface area contributed by atoms with E-state index >= 15 is 0 Å². The summed E-state index contributed by atoms with van der Waals surface area (Å²) < 4.78 is 5.35. The number of halogens is 3. The highest BCUT2D eigenvalue weighted by molar-refractivity contribution is 6.36. The average Bonchev–Trinajstić information content (AvgIpc) is 2.46. The van der Waals surface area contributed by atoms with Crippen LogP contribution in [0.25, 0.3) is 0 Å². The number of carbonyl (C=O) groups excluding carboxylic acids is 1. The molecule has 0 aromatic heterocycles. The van der Waals surface area contributed by atoms with Crippen LogP contribution < -0.4 is 10.6 Å². The summed E-state index contributed by atoms with van der Waals surface area (Å²) in [7, 11) is 0. The number of rotatable bonds is 5. The van der Waals surface area contributed by atoms with E-state index in [1.807, 2.05) is 32.0 Å². The number of amides is 1. The number of ether oxygens (including phenoxy) is 1. The van der Waals surface area contributed by atoms with E-state index in [4.69, 9.17) is 27.9 Å². The summed E-state index contributed by atoms with van der Waals surface area (Å²) in [6.07, 6.45) is 0.409. The van der Waals surface area contributed by atoms with E-state index in [0.29, 0.717) is 36.2 Å². The topological polar surface area (TPSA) is 50.4 Å². The Morgan fingerprint density at radius 1 is 1.39 bits per heavy atom. The molecule has 0 radical (unpaired) electrons. The minimum Gasteiger partial charge on any atom is -0.378 e. The quantitative estimate of drug-likeness (QED) is 0.823. The van der Waals surface area contributed by atoms with Gasteiger partial charge in [0.2, 0.25) is 5.91 Å². The molecule has 1 saturated heterocycles. The van der Waals surface area contributed by atoms with E-state index in [1.54, 1.807) is 0 Å². The summed E-state index contributed by atoms with van der Waals surface area (Å²) in [6, 6.07) is 5.53. The molecule has 0 saturated carbocycles. The first-order valence-electron chi connectivity index (χ1n) is 7.42. The zero-order valence-corrected chi connectivity index (χ0v) is 15.7. The third kappa shape index (κ3) is 5.80. The van der Waals surface area contributed by atoms with Crippen LogP contribution in [0.2, 0.25) is 10.0 Å². The van der Waals surface area contributed by atoms with Crippen molar-refractivity contribution < 1.29 is 9.53 Å². The molecule has 130 valence electrons. The molecular formula is C16H23Cl3N2O2. The summed E-state index contributed by atoms with van der Waals surface area (Å²) in [5.41, 5.74) is 0.513. The van der Waals surface area contributed by atoms with Crippen LogP contribution in [0.15, 0.2) is 18.2 Å². The first-order chi connectivity index (χ1) is 10.4. The van der Waals surface area contributed by atoms with Gasteiger partial charge in [0.25, 0.3) is 0 Å². The number of hydrogen-bond acceptors (Lipinski definition) is 3. The molecule has 1 aliphatic rings. The average molecular weight is 382 g/mol. The van der Waals surface area contributed by atoms with Crippen LogP contribution in [0, 0.1) is 0 Å². The van der Waals surface area contributed by atoms with E-state index in [9.17, 15) is 4.79 Å². The summed E-state index contributed by atoms with van der Waals surface area (Å²) in [6.45, 7) is 6.58. The summed E-state index contributed by atoms with van der Waals surface area (Å²) in [5, 5.41) is 7.48. The van der Waals surface area contributed by atoms with Crippen molar-refractivity contribution in [2.75, 3.05) is 26.3 Å². The van der Waals surface area contributed by atoms with E-state index in [2.05, 4.69) is 10.6 Å². The standard InChI is InChI=1S/C16H22Cl2N2O2.ClH/c1-16(2,15-12(17)4-3-5-13(15)18)10-20-14(21)8-11-9-22-7-6-19-11;/h3-5,11,19H,6-10H2,1-2H3,(H,20,21);1H. The van der Waals surface area contributed by atoms with E-state index in [0.717, 1.165) is 12.1 Å². The highest BCUT2D eigenvalue weighted by atomic mass is 35.5. The van der Waals surface area contributed by atoms with E-state index < -0.39 is 0 Å². The molecule has 1 fully saturated rings. The molecule has 1 atom stereocenters. The van der Waals surface area contributed by atoms with Gasteiger partial charge in [0.15, 0.2) is 0 Å². The molecule has 0 aliphatic carbocycles. The highest BCUT2D eigenvalue weighted by Gasteiger charge is 2.27. The van der Waals surface area contributed by atoms with Gasteiger partial charge in [-0.25, -0.2) is 0 Å². The zero-order valence-electron chi connectivity index (χ0n) is 13.3. The van der Waals surface area contributed by atoms with Crippen LogP contribution in [-0.4, -0.2) is 38.3 Å². The van der Waals surface area contributed by atoms with Crippen molar-refractivity contribution >= 4 is 41.5 Å². The Bertz CT molecular complexity index is 512. The third-order valence-electron chi connectivity index (χ3n) is 3.80. The van der Waals surface area contributed by atoms with Gasteiger partial charge in [-0.1, -0.05) is 43.1 Å². The Kier molecular flexibility index (Phi) is 8.11. The van der Waals surface area contributed by atoms with Gasteiger partial charge >= 0.3 is 0 Å². The van der Waals surface area contributed by atoms with Gasteiger partial charge < -0.3 is 15.4 Å². The lowest BCUT2D eigenvalue weighted by molar-refractivity contribution is -0.122. The van der Waals surface area contributed by atoms with Crippen LogP contribution in [0.3, 0.4) is 0 Å². The van der Waals surface area contributed by atoms with Gasteiger partial charge in [-0.2, -0.15) is 0 Å². The minimum atomic E-state index is -0.346. The maximum absolute atomic E-state index is 12.1. The maximum Gasteiger partial charge on any atom is 0.221 e. The zero-order chi connectivity index (χ0) is 16.2. The minimum absolute atomic E-state index is 0. The van der Waals surface area contributed by atoms with Gasteiger partial charge in [0, 0.05) is 41.0 Å². The van der Waals surface area contributed by atoms with Crippen LogP contribution in [0.5, 0.6) is 0 Å². The lowest BCUT2D eigenvalue weighted by Gasteiger charge is -2.28. The lowest BCUT2D eigenvalue weighted by Crippen LogP contribution is -2.45. The molecular weight excluding hydrogens is 359 g/mol. The fourth-order valence-electron chi connectivity index (χ4n) is 2.60. The normalized spacial score (nSPS) is 18.2. The predicted molar refractivity (Wildman–Crippen MR) is 97.0 cm³/mol. The van der Waals surface area contributed by atoms with Crippen molar-refractivity contribution in [2.24, 2.45) is 0 Å². The predicted octanol–water partition coefficient (Wildman–Crippen LogP) is 3.19. The largest absolute Gasteiger partial charge is 0.378 e. The molecule has 0 spiro atoms.